The fourth-order valence-electron chi connectivity index (χ4n) is 3.22. The van der Waals surface area contributed by atoms with Gasteiger partial charge in [0.2, 0.25) is 0 Å². The van der Waals surface area contributed by atoms with Crippen LogP contribution in [0.2, 0.25) is 0 Å². The summed E-state index contributed by atoms with van der Waals surface area (Å²) in [7, 11) is 1.68. The third-order valence-electron chi connectivity index (χ3n) is 4.66. The van der Waals surface area contributed by atoms with Crippen LogP contribution in [0.15, 0.2) is 24.3 Å². The molecule has 1 fully saturated rings. The average Bonchev–Trinajstić information content (AvgIpc) is 2.70. The summed E-state index contributed by atoms with van der Waals surface area (Å²) in [6.07, 6.45) is 7.01. The molecule has 3 heteroatoms. The smallest absolute Gasteiger partial charge is 0.120 e. The minimum atomic E-state index is -0.170. The fraction of sp³-hybridized carbons (Fsp3) is 0.647. The Bertz CT molecular complexity index is 421. The second-order valence-electron chi connectivity index (χ2n) is 6.00. The van der Waals surface area contributed by atoms with Crippen LogP contribution in [0.1, 0.15) is 45.4 Å². The van der Waals surface area contributed by atoms with Crippen LogP contribution >= 0.6 is 0 Å². The van der Waals surface area contributed by atoms with E-state index in [0.717, 1.165) is 30.2 Å². The van der Waals surface area contributed by atoms with Crippen molar-refractivity contribution in [2.24, 2.45) is 5.92 Å². The summed E-state index contributed by atoms with van der Waals surface area (Å²) in [4.78, 5) is 0. The molecule has 0 bridgehead atoms. The molecule has 0 spiro atoms. The maximum Gasteiger partial charge on any atom is 0.120 e. The van der Waals surface area contributed by atoms with Gasteiger partial charge in [0.05, 0.1) is 19.3 Å². The Labute approximate surface area is 122 Å². The Balaban J connectivity index is 2.10. The number of aliphatic hydroxyl groups excluding tert-OH is 1. The third-order valence-corrected chi connectivity index (χ3v) is 4.66. The second kappa shape index (κ2) is 6.98. The molecule has 112 valence electrons. The van der Waals surface area contributed by atoms with Gasteiger partial charge in [0.15, 0.2) is 0 Å². The topological polar surface area (TPSA) is 41.5 Å². The number of methoxy groups -OCH3 is 1. The van der Waals surface area contributed by atoms with Crippen LogP contribution in [0.5, 0.6) is 5.75 Å². The van der Waals surface area contributed by atoms with Gasteiger partial charge in [-0.1, -0.05) is 32.3 Å². The number of ether oxygens (including phenoxy) is 1. The molecule has 1 saturated carbocycles. The number of rotatable bonds is 5. The first-order valence-corrected chi connectivity index (χ1v) is 7.74. The minimum Gasteiger partial charge on any atom is -0.497 e. The van der Waals surface area contributed by atoms with Gasteiger partial charge in [-0.25, -0.2) is 0 Å². The lowest BCUT2D eigenvalue weighted by Gasteiger charge is -2.33. The maximum atomic E-state index is 9.92. The highest BCUT2D eigenvalue weighted by Gasteiger charge is 2.32. The molecule has 2 N–H and O–H groups in total. The minimum absolute atomic E-state index is 0.170. The van der Waals surface area contributed by atoms with Crippen molar-refractivity contribution in [1.29, 1.82) is 0 Å². The Morgan fingerprint density at radius 3 is 2.90 bits per heavy atom. The van der Waals surface area contributed by atoms with E-state index in [9.17, 15) is 5.11 Å². The lowest BCUT2D eigenvalue weighted by atomic mass is 9.89. The molecule has 1 aliphatic rings. The number of benzene rings is 1. The molecule has 0 aliphatic heterocycles. The van der Waals surface area contributed by atoms with Gasteiger partial charge in [-0.3, -0.25) is 0 Å². The van der Waals surface area contributed by atoms with E-state index in [4.69, 9.17) is 4.74 Å². The first-order chi connectivity index (χ1) is 9.71. The Kier molecular flexibility index (Phi) is 5.30. The molecule has 1 aromatic rings. The van der Waals surface area contributed by atoms with E-state index in [1.165, 1.54) is 25.7 Å². The van der Waals surface area contributed by atoms with Crippen molar-refractivity contribution in [3.05, 3.63) is 24.3 Å². The van der Waals surface area contributed by atoms with Crippen molar-refractivity contribution in [1.82, 2.24) is 0 Å². The number of aliphatic hydroxyl groups is 1. The van der Waals surface area contributed by atoms with Crippen LogP contribution < -0.4 is 10.1 Å². The lowest BCUT2D eigenvalue weighted by Crippen LogP contribution is -2.41. The summed E-state index contributed by atoms with van der Waals surface area (Å²) in [6.45, 7) is 2.47. The molecular formula is C17H27NO2. The van der Waals surface area contributed by atoms with Crippen molar-refractivity contribution in [2.75, 3.05) is 19.0 Å². The van der Waals surface area contributed by atoms with Gasteiger partial charge < -0.3 is 15.2 Å². The van der Waals surface area contributed by atoms with E-state index in [-0.39, 0.29) is 12.1 Å². The summed E-state index contributed by atoms with van der Waals surface area (Å²) in [5, 5.41) is 13.5. The number of hydrogen-bond donors (Lipinski definition) is 2. The fourth-order valence-corrected chi connectivity index (χ4v) is 3.22. The average molecular weight is 277 g/mol. The second-order valence-corrected chi connectivity index (χ2v) is 6.00. The van der Waals surface area contributed by atoms with Crippen LogP contribution in [0, 0.1) is 5.92 Å². The molecule has 2 atom stereocenters. The van der Waals surface area contributed by atoms with E-state index in [1.807, 2.05) is 24.3 Å². The summed E-state index contributed by atoms with van der Waals surface area (Å²) in [5.74, 6) is 1.67. The first-order valence-electron chi connectivity index (χ1n) is 7.74. The monoisotopic (exact) mass is 277 g/mol. The van der Waals surface area contributed by atoms with Gasteiger partial charge in [-0.05, 0) is 37.3 Å². The van der Waals surface area contributed by atoms with E-state index >= 15 is 0 Å². The largest absolute Gasteiger partial charge is 0.497 e. The summed E-state index contributed by atoms with van der Waals surface area (Å²) >= 11 is 0. The highest BCUT2D eigenvalue weighted by molar-refractivity contribution is 5.50. The standard InChI is InChI=1S/C17H27NO2/c1-3-14-6-5-10-17(13-19,11-9-14)18-15-7-4-8-16(12-15)20-2/h4,7-8,12,14,18-19H,3,5-6,9-11,13H2,1-2H3. The highest BCUT2D eigenvalue weighted by atomic mass is 16.5. The Hall–Kier alpha value is -1.22. The molecule has 0 aromatic heterocycles. The van der Waals surface area contributed by atoms with Crippen molar-refractivity contribution in [3.63, 3.8) is 0 Å². The molecule has 2 rings (SSSR count). The zero-order chi connectivity index (χ0) is 14.4. The zero-order valence-electron chi connectivity index (χ0n) is 12.7. The molecule has 2 unspecified atom stereocenters. The Morgan fingerprint density at radius 1 is 1.35 bits per heavy atom. The van der Waals surface area contributed by atoms with Crippen molar-refractivity contribution in [3.8, 4) is 5.75 Å². The summed E-state index contributed by atoms with van der Waals surface area (Å²) in [6, 6.07) is 7.97. The van der Waals surface area contributed by atoms with E-state index in [1.54, 1.807) is 7.11 Å². The molecular weight excluding hydrogens is 250 g/mol. The highest BCUT2D eigenvalue weighted by Crippen LogP contribution is 2.34. The first kappa shape index (κ1) is 15.2. The molecule has 1 aromatic carbocycles. The van der Waals surface area contributed by atoms with Crippen molar-refractivity contribution >= 4 is 5.69 Å². The van der Waals surface area contributed by atoms with Crippen molar-refractivity contribution in [2.45, 2.75) is 51.0 Å². The van der Waals surface area contributed by atoms with Crippen LogP contribution in [0.25, 0.3) is 0 Å². The van der Waals surface area contributed by atoms with E-state index < -0.39 is 0 Å². The molecule has 3 nitrogen and oxygen atoms in total. The van der Waals surface area contributed by atoms with Gasteiger partial charge in [0.1, 0.15) is 5.75 Å². The third kappa shape index (κ3) is 3.66. The molecule has 1 aliphatic carbocycles. The number of hydrogen-bond acceptors (Lipinski definition) is 3. The zero-order valence-corrected chi connectivity index (χ0v) is 12.7. The van der Waals surface area contributed by atoms with Gasteiger partial charge in [0, 0.05) is 11.8 Å². The lowest BCUT2D eigenvalue weighted by molar-refractivity contribution is 0.194. The SMILES string of the molecule is CCC1CCCC(CO)(Nc2cccc(OC)c2)CC1. The van der Waals surface area contributed by atoms with Crippen molar-refractivity contribution < 1.29 is 9.84 Å². The molecule has 0 amide bonds. The van der Waals surface area contributed by atoms with Crippen LogP contribution in [0.4, 0.5) is 5.69 Å². The molecule has 0 saturated heterocycles. The van der Waals surface area contributed by atoms with Crippen LogP contribution in [-0.4, -0.2) is 24.4 Å². The van der Waals surface area contributed by atoms with Gasteiger partial charge in [-0.2, -0.15) is 0 Å². The quantitative estimate of drug-likeness (QED) is 0.804. The number of anilines is 1. The normalized spacial score (nSPS) is 26.9. The van der Waals surface area contributed by atoms with Gasteiger partial charge in [-0.15, -0.1) is 0 Å². The van der Waals surface area contributed by atoms with Crippen LogP contribution in [0.3, 0.4) is 0 Å². The van der Waals surface area contributed by atoms with Gasteiger partial charge >= 0.3 is 0 Å². The summed E-state index contributed by atoms with van der Waals surface area (Å²) in [5.41, 5.74) is 0.865. The maximum absolute atomic E-state index is 9.92. The molecule has 0 heterocycles. The number of nitrogens with one attached hydrogen (secondary N) is 1. The molecule has 0 radical (unpaired) electrons. The van der Waals surface area contributed by atoms with E-state index in [0.29, 0.717) is 0 Å². The van der Waals surface area contributed by atoms with Gasteiger partial charge in [0.25, 0.3) is 0 Å². The predicted molar refractivity (Wildman–Crippen MR) is 83.3 cm³/mol. The predicted octanol–water partition coefficient (Wildman–Crippen LogP) is 3.83. The molecule has 20 heavy (non-hydrogen) atoms. The Morgan fingerprint density at radius 2 is 2.20 bits per heavy atom. The van der Waals surface area contributed by atoms with E-state index in [2.05, 4.69) is 12.2 Å². The summed E-state index contributed by atoms with van der Waals surface area (Å²) < 4.78 is 5.27. The van der Waals surface area contributed by atoms with Crippen LogP contribution in [-0.2, 0) is 0 Å².